The normalized spacial score (nSPS) is 37.8. The van der Waals surface area contributed by atoms with Crippen molar-refractivity contribution in [1.82, 2.24) is 0 Å². The SMILES string of the molecule is CCCC12CC(COCc3ccccc3F)C(OC)C3Oc4c(O)ccc5c4C31CC[N+](C)(CC1CC1)C2C5. The van der Waals surface area contributed by atoms with Gasteiger partial charge in [0.15, 0.2) is 11.5 Å². The lowest BCUT2D eigenvalue weighted by atomic mass is 9.40. The van der Waals surface area contributed by atoms with E-state index in [2.05, 4.69) is 20.0 Å². The molecule has 7 atom stereocenters. The van der Waals surface area contributed by atoms with Gasteiger partial charge in [0.2, 0.25) is 0 Å². The predicted octanol–water partition coefficient (Wildman–Crippen LogP) is 5.75. The summed E-state index contributed by atoms with van der Waals surface area (Å²) in [6, 6.07) is 11.4. The molecule has 2 saturated carbocycles. The first-order chi connectivity index (χ1) is 18.9. The molecule has 7 unspecified atom stereocenters. The molecule has 1 spiro atoms. The van der Waals surface area contributed by atoms with Crippen LogP contribution in [0.2, 0.25) is 0 Å². The molecule has 5 aliphatic rings. The number of methoxy groups -OCH3 is 1. The smallest absolute Gasteiger partial charge is 0.165 e. The van der Waals surface area contributed by atoms with Gasteiger partial charge < -0.3 is 23.8 Å². The third-order valence-corrected chi connectivity index (χ3v) is 11.4. The Kier molecular flexibility index (Phi) is 6.07. The Labute approximate surface area is 231 Å². The zero-order valence-electron chi connectivity index (χ0n) is 23.6. The van der Waals surface area contributed by atoms with Crippen LogP contribution in [0.1, 0.15) is 62.1 Å². The molecule has 2 aromatic carbocycles. The number of hydrogen-bond acceptors (Lipinski definition) is 4. The average Bonchev–Trinajstić information content (AvgIpc) is 3.65. The maximum atomic E-state index is 14.3. The number of piperidine rings is 1. The maximum Gasteiger partial charge on any atom is 0.165 e. The summed E-state index contributed by atoms with van der Waals surface area (Å²) < 4.78 is 34.9. The number of hydrogen-bond donors (Lipinski definition) is 1. The van der Waals surface area contributed by atoms with Crippen LogP contribution >= 0.6 is 0 Å². The van der Waals surface area contributed by atoms with E-state index in [0.717, 1.165) is 49.0 Å². The van der Waals surface area contributed by atoms with Crippen molar-refractivity contribution < 1.29 is 28.2 Å². The Hall–Kier alpha value is -2.15. The second-order valence-electron chi connectivity index (χ2n) is 13.4. The monoisotopic (exact) mass is 536 g/mol. The van der Waals surface area contributed by atoms with Crippen molar-refractivity contribution in [2.45, 2.75) is 82.1 Å². The first-order valence-corrected chi connectivity index (χ1v) is 15.1. The van der Waals surface area contributed by atoms with Crippen LogP contribution in [-0.2, 0) is 27.9 Å². The fourth-order valence-corrected chi connectivity index (χ4v) is 9.86. The Morgan fingerprint density at radius 2 is 2.00 bits per heavy atom. The van der Waals surface area contributed by atoms with Gasteiger partial charge in [0.25, 0.3) is 0 Å². The number of nitrogens with zero attached hydrogens (tertiary/aromatic N) is 1. The lowest BCUT2D eigenvalue weighted by Gasteiger charge is -2.69. The molecule has 210 valence electrons. The van der Waals surface area contributed by atoms with Crippen LogP contribution in [0.3, 0.4) is 0 Å². The van der Waals surface area contributed by atoms with Crippen LogP contribution in [0, 0.1) is 23.1 Å². The maximum absolute atomic E-state index is 14.3. The molecule has 2 heterocycles. The highest BCUT2D eigenvalue weighted by Crippen LogP contribution is 2.72. The van der Waals surface area contributed by atoms with Crippen LogP contribution < -0.4 is 4.74 Å². The highest BCUT2D eigenvalue weighted by Gasteiger charge is 2.77. The summed E-state index contributed by atoms with van der Waals surface area (Å²) in [5.74, 6) is 1.71. The number of rotatable bonds is 9. The number of likely N-dealkylation sites (N-methyl/N-ethyl adjacent to an activating group) is 1. The van der Waals surface area contributed by atoms with Gasteiger partial charge in [-0.1, -0.05) is 37.6 Å². The minimum absolute atomic E-state index is 0.0292. The number of benzene rings is 2. The second kappa shape index (κ2) is 9.19. The van der Waals surface area contributed by atoms with E-state index in [1.54, 1.807) is 19.2 Å². The number of phenols is 1. The van der Waals surface area contributed by atoms with Crippen LogP contribution in [0.5, 0.6) is 11.5 Å². The number of quaternary nitrogens is 1. The number of halogens is 1. The molecule has 7 rings (SSSR count). The molecule has 2 bridgehead atoms. The van der Waals surface area contributed by atoms with Crippen LogP contribution in [0.25, 0.3) is 0 Å². The molecule has 2 aliphatic heterocycles. The van der Waals surface area contributed by atoms with E-state index in [1.165, 1.54) is 36.6 Å². The standard InChI is InChI=1S/C33H42FNO4/c1-4-13-32-17-24(20-38-19-23-7-5-6-8-25(23)34)29(37-3)31-33(32)14-15-35(2,18-21-9-10-21)27(32)16-22-11-12-26(36)30(39-31)28(22)33/h5-8,11-12,21,24,27,29,31H,4,9-10,13-20H2,1-3H3/p+1. The highest BCUT2D eigenvalue weighted by atomic mass is 19.1. The number of likely N-dealkylation sites (tertiary alicyclic amines) is 1. The summed E-state index contributed by atoms with van der Waals surface area (Å²) in [4.78, 5) is 0. The van der Waals surface area contributed by atoms with Gasteiger partial charge in [-0.25, -0.2) is 4.39 Å². The van der Waals surface area contributed by atoms with Gasteiger partial charge in [0.1, 0.15) is 11.9 Å². The molecule has 3 fully saturated rings. The summed E-state index contributed by atoms with van der Waals surface area (Å²) in [7, 11) is 4.32. The fraction of sp³-hybridized carbons (Fsp3) is 0.636. The van der Waals surface area contributed by atoms with Crippen molar-refractivity contribution >= 4 is 0 Å². The molecule has 0 aromatic heterocycles. The van der Waals surface area contributed by atoms with Crippen LogP contribution in [0.15, 0.2) is 36.4 Å². The Morgan fingerprint density at radius 3 is 2.74 bits per heavy atom. The molecule has 1 N–H and O–H groups in total. The van der Waals surface area contributed by atoms with E-state index in [4.69, 9.17) is 14.2 Å². The molecule has 39 heavy (non-hydrogen) atoms. The molecule has 5 nitrogen and oxygen atoms in total. The number of phenolic OH excluding ortho intramolecular Hbond substituents is 1. The van der Waals surface area contributed by atoms with Crippen LogP contribution in [0.4, 0.5) is 4.39 Å². The van der Waals surface area contributed by atoms with Crippen LogP contribution in [-0.4, -0.2) is 61.7 Å². The van der Waals surface area contributed by atoms with E-state index in [-0.39, 0.29) is 47.1 Å². The summed E-state index contributed by atoms with van der Waals surface area (Å²) in [5, 5.41) is 11.0. The topological polar surface area (TPSA) is 47.9 Å². The van der Waals surface area contributed by atoms with Crippen molar-refractivity contribution in [3.63, 3.8) is 0 Å². The molecular weight excluding hydrogens is 493 g/mol. The predicted molar refractivity (Wildman–Crippen MR) is 147 cm³/mol. The van der Waals surface area contributed by atoms with Crippen molar-refractivity contribution in [2.24, 2.45) is 17.3 Å². The van der Waals surface area contributed by atoms with E-state index in [9.17, 15) is 9.50 Å². The zero-order valence-corrected chi connectivity index (χ0v) is 23.6. The van der Waals surface area contributed by atoms with E-state index < -0.39 is 0 Å². The summed E-state index contributed by atoms with van der Waals surface area (Å²) in [5.41, 5.74) is 3.10. The third kappa shape index (κ3) is 3.60. The van der Waals surface area contributed by atoms with Gasteiger partial charge in [-0.15, -0.1) is 0 Å². The summed E-state index contributed by atoms with van der Waals surface area (Å²) >= 11 is 0. The zero-order chi connectivity index (χ0) is 27.0. The average molecular weight is 537 g/mol. The highest BCUT2D eigenvalue weighted by molar-refractivity contribution is 5.61. The van der Waals surface area contributed by atoms with Crippen molar-refractivity contribution in [3.05, 3.63) is 58.9 Å². The fourth-order valence-electron chi connectivity index (χ4n) is 9.86. The molecular formula is C33H43FNO4+. The van der Waals surface area contributed by atoms with E-state index in [0.29, 0.717) is 24.0 Å². The Balaban J connectivity index is 1.32. The first kappa shape index (κ1) is 25.8. The van der Waals surface area contributed by atoms with Crippen molar-refractivity contribution in [1.29, 1.82) is 0 Å². The van der Waals surface area contributed by atoms with Gasteiger partial charge >= 0.3 is 0 Å². The van der Waals surface area contributed by atoms with Gasteiger partial charge in [-0.2, -0.15) is 0 Å². The first-order valence-electron chi connectivity index (χ1n) is 15.1. The van der Waals surface area contributed by atoms with E-state index in [1.807, 2.05) is 12.1 Å². The minimum atomic E-state index is -0.224. The lowest BCUT2D eigenvalue weighted by Crippen LogP contribution is -2.79. The summed E-state index contributed by atoms with van der Waals surface area (Å²) in [6.45, 7) is 5.48. The molecule has 0 radical (unpaired) electrons. The van der Waals surface area contributed by atoms with Crippen molar-refractivity contribution in [3.8, 4) is 11.5 Å². The van der Waals surface area contributed by atoms with E-state index >= 15 is 0 Å². The van der Waals surface area contributed by atoms with Gasteiger partial charge in [0, 0.05) is 48.3 Å². The Bertz CT molecular complexity index is 1260. The van der Waals surface area contributed by atoms with Crippen molar-refractivity contribution in [2.75, 3.05) is 33.9 Å². The van der Waals surface area contributed by atoms with Gasteiger partial charge in [0.05, 0.1) is 50.9 Å². The molecule has 3 aliphatic carbocycles. The molecule has 6 heteroatoms. The molecule has 0 amide bonds. The second-order valence-corrected chi connectivity index (χ2v) is 13.4. The Morgan fingerprint density at radius 1 is 1.18 bits per heavy atom. The third-order valence-electron chi connectivity index (χ3n) is 11.4. The molecule has 2 aromatic rings. The number of aromatic hydroxyl groups is 1. The number of ether oxygens (including phenoxy) is 3. The summed E-state index contributed by atoms with van der Waals surface area (Å²) in [6.07, 6.45) is 7.75. The molecule has 1 saturated heterocycles. The van der Waals surface area contributed by atoms with Gasteiger partial charge in [-0.05, 0) is 43.4 Å². The minimum Gasteiger partial charge on any atom is -0.504 e. The lowest BCUT2D eigenvalue weighted by molar-refractivity contribution is -0.951. The van der Waals surface area contributed by atoms with Gasteiger partial charge in [-0.3, -0.25) is 0 Å². The largest absolute Gasteiger partial charge is 0.504 e. The quantitative estimate of drug-likeness (QED) is 0.415.